The molecule has 1 amide bonds. The van der Waals surface area contributed by atoms with Crippen molar-refractivity contribution in [3.63, 3.8) is 0 Å². The minimum atomic E-state index is -0.473. The van der Waals surface area contributed by atoms with Crippen molar-refractivity contribution in [3.8, 4) is 11.5 Å². The number of aryl methyl sites for hydroxylation is 2. The third kappa shape index (κ3) is 10.5. The predicted molar refractivity (Wildman–Crippen MR) is 152 cm³/mol. The Hall–Kier alpha value is -3.38. The van der Waals surface area contributed by atoms with Crippen molar-refractivity contribution in [2.75, 3.05) is 13.2 Å². The highest BCUT2D eigenvalue weighted by Crippen LogP contribution is 2.23. The van der Waals surface area contributed by atoms with Crippen LogP contribution in [-0.2, 0) is 7.05 Å². The number of carbonyl (C=O) groups excluding carboxylic acids is 2. The van der Waals surface area contributed by atoms with Crippen LogP contribution in [0.4, 0.5) is 0 Å². The van der Waals surface area contributed by atoms with Gasteiger partial charge < -0.3 is 14.8 Å². The number of rotatable bonds is 13. The van der Waals surface area contributed by atoms with Crippen LogP contribution in [0.1, 0.15) is 78.7 Å². The van der Waals surface area contributed by atoms with Crippen molar-refractivity contribution < 1.29 is 23.6 Å². The number of carbonyl (C=O) groups is 2. The highest BCUT2D eigenvalue weighted by molar-refractivity contribution is 6.33. The molecule has 3 aromatic rings. The average molecular weight is 540 g/mol. The number of aromatic nitrogens is 1. The number of hydrogen-bond acceptors (Lipinski definition) is 4. The van der Waals surface area contributed by atoms with Gasteiger partial charge in [-0.05, 0) is 61.7 Å². The molecule has 0 spiro atoms. The zero-order valence-corrected chi connectivity index (χ0v) is 23.7. The van der Waals surface area contributed by atoms with Crippen LogP contribution in [0.15, 0.2) is 67.0 Å². The van der Waals surface area contributed by atoms with Crippen LogP contribution < -0.4 is 19.4 Å². The number of unbranched alkanes of at least 4 members (excludes halogenated alkanes) is 5. The Morgan fingerprint density at radius 3 is 2.21 bits per heavy atom. The van der Waals surface area contributed by atoms with E-state index in [-0.39, 0.29) is 5.91 Å². The summed E-state index contributed by atoms with van der Waals surface area (Å²) in [6, 6.07) is 16.0. The summed E-state index contributed by atoms with van der Waals surface area (Å²) < 4.78 is 13.1. The number of ether oxygens (including phenoxy) is 2. The number of nitrogens with zero attached hydrogens (tertiary/aromatic N) is 1. The van der Waals surface area contributed by atoms with Crippen molar-refractivity contribution in [2.24, 2.45) is 7.05 Å². The lowest BCUT2D eigenvalue weighted by atomic mass is 10.1. The third-order valence-electron chi connectivity index (χ3n) is 5.79. The van der Waals surface area contributed by atoms with E-state index in [1.165, 1.54) is 0 Å². The zero-order valence-electron chi connectivity index (χ0n) is 23.0. The fourth-order valence-electron chi connectivity index (χ4n) is 3.80. The molecular weight excluding hydrogens is 500 g/mol. The van der Waals surface area contributed by atoms with Gasteiger partial charge in [-0.1, -0.05) is 63.3 Å². The summed E-state index contributed by atoms with van der Waals surface area (Å²) in [6.45, 7) is 7.17. The molecule has 7 heteroatoms. The molecule has 0 unspecified atom stereocenters. The van der Waals surface area contributed by atoms with Gasteiger partial charge in [0.25, 0.3) is 5.91 Å². The SMILES string of the molecule is CC.Cc1cccc(Cl)c1C(=O)Oc1ccc(OCCCCCCCCNC(=O)c2ccc[n+](C)c2)cc1. The molecule has 0 atom stereocenters. The molecule has 0 saturated carbocycles. The summed E-state index contributed by atoms with van der Waals surface area (Å²) in [6.07, 6.45) is 10.2. The van der Waals surface area contributed by atoms with E-state index in [1.807, 2.05) is 63.0 Å². The van der Waals surface area contributed by atoms with Gasteiger partial charge in [0.1, 0.15) is 24.1 Å². The highest BCUT2D eigenvalue weighted by atomic mass is 35.5. The van der Waals surface area contributed by atoms with Crippen molar-refractivity contribution in [3.05, 3.63) is 88.7 Å². The van der Waals surface area contributed by atoms with E-state index in [4.69, 9.17) is 21.1 Å². The van der Waals surface area contributed by atoms with Gasteiger partial charge in [-0.2, -0.15) is 0 Å². The fourth-order valence-corrected chi connectivity index (χ4v) is 4.10. The number of pyridine rings is 1. The van der Waals surface area contributed by atoms with E-state index < -0.39 is 5.97 Å². The fraction of sp³-hybridized carbons (Fsp3) is 0.387. The molecule has 0 bridgehead atoms. The number of hydrogen-bond donors (Lipinski definition) is 1. The lowest BCUT2D eigenvalue weighted by Gasteiger charge is -2.10. The number of esters is 1. The number of amides is 1. The van der Waals surface area contributed by atoms with E-state index in [0.717, 1.165) is 49.8 Å². The second-order valence-corrected chi connectivity index (χ2v) is 9.18. The lowest BCUT2D eigenvalue weighted by molar-refractivity contribution is -0.671. The second kappa shape index (κ2) is 17.2. The molecule has 0 saturated heterocycles. The maximum atomic E-state index is 12.4. The molecule has 1 heterocycles. The third-order valence-corrected chi connectivity index (χ3v) is 6.10. The van der Waals surface area contributed by atoms with Gasteiger partial charge in [0, 0.05) is 12.6 Å². The van der Waals surface area contributed by atoms with Crippen LogP contribution in [0.5, 0.6) is 11.5 Å². The first-order valence-corrected chi connectivity index (χ1v) is 13.8. The Labute approximate surface area is 231 Å². The predicted octanol–water partition coefficient (Wildman–Crippen LogP) is 6.87. The zero-order chi connectivity index (χ0) is 27.8. The number of halogens is 1. The largest absolute Gasteiger partial charge is 0.494 e. The van der Waals surface area contributed by atoms with Crippen LogP contribution in [0, 0.1) is 6.92 Å². The normalized spacial score (nSPS) is 10.2. The Kier molecular flexibility index (Phi) is 14.0. The van der Waals surface area contributed by atoms with Crippen molar-refractivity contribution in [2.45, 2.75) is 59.3 Å². The van der Waals surface area contributed by atoms with Crippen LogP contribution in [0.25, 0.3) is 0 Å². The molecule has 1 N–H and O–H groups in total. The smallest absolute Gasteiger partial charge is 0.345 e. The second-order valence-electron chi connectivity index (χ2n) is 8.78. The molecular formula is C31H40ClN2O4+. The first-order chi connectivity index (χ1) is 18.4. The molecule has 6 nitrogen and oxygen atoms in total. The van der Waals surface area contributed by atoms with Gasteiger partial charge in [0.15, 0.2) is 12.4 Å². The maximum absolute atomic E-state index is 12.4. The number of benzene rings is 2. The van der Waals surface area contributed by atoms with Gasteiger partial charge in [-0.15, -0.1) is 0 Å². The quantitative estimate of drug-likeness (QED) is 0.111. The summed E-state index contributed by atoms with van der Waals surface area (Å²) in [5.41, 5.74) is 1.84. The molecule has 204 valence electrons. The Bertz CT molecular complexity index is 1130. The van der Waals surface area contributed by atoms with Gasteiger partial charge in [0.05, 0.1) is 17.2 Å². The van der Waals surface area contributed by atoms with Crippen LogP contribution in [0.3, 0.4) is 0 Å². The van der Waals surface area contributed by atoms with E-state index in [0.29, 0.717) is 35.1 Å². The summed E-state index contributed by atoms with van der Waals surface area (Å²) in [7, 11) is 1.90. The van der Waals surface area contributed by atoms with Crippen molar-refractivity contribution in [1.29, 1.82) is 0 Å². The van der Waals surface area contributed by atoms with Gasteiger partial charge in [-0.25, -0.2) is 9.36 Å². The molecule has 3 rings (SSSR count). The van der Waals surface area contributed by atoms with Crippen LogP contribution >= 0.6 is 11.6 Å². The average Bonchev–Trinajstić information content (AvgIpc) is 2.91. The van der Waals surface area contributed by atoms with Gasteiger partial charge in [0.2, 0.25) is 0 Å². The first-order valence-electron chi connectivity index (χ1n) is 13.4. The monoisotopic (exact) mass is 539 g/mol. The molecule has 0 radical (unpaired) electrons. The molecule has 0 fully saturated rings. The molecule has 38 heavy (non-hydrogen) atoms. The summed E-state index contributed by atoms with van der Waals surface area (Å²) >= 11 is 6.14. The topological polar surface area (TPSA) is 68.5 Å². The minimum absolute atomic E-state index is 0.0229. The van der Waals surface area contributed by atoms with E-state index >= 15 is 0 Å². The number of nitrogens with one attached hydrogen (secondary N) is 1. The standard InChI is InChI=1S/C29H33ClN2O4.C2H6/c1-22-11-9-13-26(30)27(22)29(34)36-25-16-14-24(15-17-25)35-20-8-6-4-3-5-7-18-31-28(33)23-12-10-19-32(2)21-23;1-2/h9-17,19,21H,3-8,18,20H2,1-2H3;1-2H3/p+1. The van der Waals surface area contributed by atoms with Crippen LogP contribution in [0.2, 0.25) is 5.02 Å². The highest BCUT2D eigenvalue weighted by Gasteiger charge is 2.15. The van der Waals surface area contributed by atoms with Gasteiger partial charge in [-0.3, -0.25) is 4.79 Å². The molecule has 0 aliphatic carbocycles. The van der Waals surface area contributed by atoms with E-state index in [2.05, 4.69) is 5.32 Å². The molecule has 1 aromatic heterocycles. The van der Waals surface area contributed by atoms with Gasteiger partial charge >= 0.3 is 5.97 Å². The Morgan fingerprint density at radius 2 is 1.53 bits per heavy atom. The maximum Gasteiger partial charge on any atom is 0.345 e. The van der Waals surface area contributed by atoms with Crippen molar-refractivity contribution in [1.82, 2.24) is 5.32 Å². The molecule has 0 aliphatic rings. The summed E-state index contributed by atoms with van der Waals surface area (Å²) in [5, 5.41) is 3.36. The minimum Gasteiger partial charge on any atom is -0.494 e. The first kappa shape index (κ1) is 30.8. The van der Waals surface area contributed by atoms with E-state index in [9.17, 15) is 9.59 Å². The molecule has 0 aliphatic heterocycles. The van der Waals surface area contributed by atoms with E-state index in [1.54, 1.807) is 36.4 Å². The summed E-state index contributed by atoms with van der Waals surface area (Å²) in [4.78, 5) is 24.5. The Morgan fingerprint density at radius 1 is 0.868 bits per heavy atom. The summed E-state index contributed by atoms with van der Waals surface area (Å²) in [5.74, 6) is 0.692. The van der Waals surface area contributed by atoms with Crippen molar-refractivity contribution >= 4 is 23.5 Å². The lowest BCUT2D eigenvalue weighted by Crippen LogP contribution is -2.31. The Balaban J connectivity index is 0.00000247. The molecule has 2 aromatic carbocycles. The van der Waals surface area contributed by atoms with Crippen LogP contribution in [-0.4, -0.2) is 25.0 Å².